The zero-order valence-corrected chi connectivity index (χ0v) is 27.3. The molecule has 0 bridgehead atoms. The molecule has 0 amide bonds. The Labute approximate surface area is 272 Å². The van der Waals surface area contributed by atoms with Crippen LogP contribution >= 0.6 is 11.6 Å². The van der Waals surface area contributed by atoms with Gasteiger partial charge in [0, 0.05) is 62.9 Å². The number of piperazine rings is 1. The number of piperidine rings is 1. The summed E-state index contributed by atoms with van der Waals surface area (Å²) >= 11 is 6.45. The van der Waals surface area contributed by atoms with Gasteiger partial charge in [0.1, 0.15) is 22.5 Å². The molecule has 2 fully saturated rings. The van der Waals surface area contributed by atoms with Gasteiger partial charge in [-0.15, -0.1) is 0 Å². The summed E-state index contributed by atoms with van der Waals surface area (Å²) in [6.45, 7) is 4.80. The summed E-state index contributed by atoms with van der Waals surface area (Å²) in [7, 11) is 0.0172. The Morgan fingerprint density at radius 2 is 1.76 bits per heavy atom. The van der Waals surface area contributed by atoms with E-state index >= 15 is 4.39 Å². The molecule has 4 aromatic rings. The number of anilines is 6. The van der Waals surface area contributed by atoms with Crippen LogP contribution in [0.1, 0.15) is 6.42 Å². The van der Waals surface area contributed by atoms with Gasteiger partial charge >= 0.3 is 0 Å². The van der Waals surface area contributed by atoms with Crippen LogP contribution in [0.5, 0.6) is 5.75 Å². The number of benzene rings is 2. The number of nitrogens with zero attached hydrogens (tertiary/aromatic N) is 7. The molecule has 3 N–H and O–H groups in total. The highest BCUT2D eigenvalue weighted by Crippen LogP contribution is 2.36. The van der Waals surface area contributed by atoms with Crippen molar-refractivity contribution in [1.82, 2.24) is 29.7 Å². The molecule has 46 heavy (non-hydrogen) atoms. The van der Waals surface area contributed by atoms with Crippen LogP contribution < -0.4 is 25.0 Å². The van der Waals surface area contributed by atoms with Crippen LogP contribution in [0.15, 0.2) is 48.9 Å². The maximum absolute atomic E-state index is 15.4. The van der Waals surface area contributed by atoms with Gasteiger partial charge in [0.05, 0.1) is 48.7 Å². The summed E-state index contributed by atoms with van der Waals surface area (Å²) in [5, 5.41) is 6.47. The number of alkyl halides is 1. The van der Waals surface area contributed by atoms with Gasteiger partial charge in [-0.3, -0.25) is 19.6 Å². The minimum Gasteiger partial charge on any atom is -0.494 e. The summed E-state index contributed by atoms with van der Waals surface area (Å²) in [4.78, 5) is 24.0. The van der Waals surface area contributed by atoms with E-state index in [9.17, 15) is 8.42 Å². The van der Waals surface area contributed by atoms with Crippen LogP contribution in [-0.2, 0) is 10.0 Å². The van der Waals surface area contributed by atoms with Crippen molar-refractivity contribution in [2.45, 2.75) is 18.6 Å². The van der Waals surface area contributed by atoms with Crippen LogP contribution in [0.25, 0.3) is 11.0 Å². The number of nitrogens with one attached hydrogen (secondary N) is 3. The molecule has 4 heterocycles. The zero-order valence-electron chi connectivity index (χ0n) is 25.7. The van der Waals surface area contributed by atoms with Crippen molar-refractivity contribution in [3.05, 3.63) is 53.9 Å². The van der Waals surface area contributed by atoms with Gasteiger partial charge in [-0.05, 0) is 37.7 Å². The van der Waals surface area contributed by atoms with E-state index in [-0.39, 0.29) is 28.5 Å². The number of hydrogen-bond acceptors (Lipinski definition) is 12. The predicted octanol–water partition coefficient (Wildman–Crippen LogP) is 4.10. The molecule has 2 aromatic carbocycles. The Kier molecular flexibility index (Phi) is 9.27. The van der Waals surface area contributed by atoms with Crippen LogP contribution in [-0.4, -0.2) is 110 Å². The van der Waals surface area contributed by atoms with E-state index in [4.69, 9.17) is 16.3 Å². The monoisotopic (exact) mass is 670 g/mol. The summed E-state index contributed by atoms with van der Waals surface area (Å²) < 4.78 is 48.0. The van der Waals surface area contributed by atoms with Crippen molar-refractivity contribution in [2.75, 3.05) is 79.9 Å². The molecule has 0 saturated carbocycles. The van der Waals surface area contributed by atoms with Gasteiger partial charge < -0.3 is 25.2 Å². The van der Waals surface area contributed by atoms with Crippen molar-refractivity contribution in [3.63, 3.8) is 0 Å². The Morgan fingerprint density at radius 3 is 2.50 bits per heavy atom. The maximum atomic E-state index is 15.4. The standard InChI is InChI=1S/C30H36ClFN10O3S/c1-40-12-14-41(15-13-40)25-8-11-42(18-21(25)32)19-4-5-22(26(16-19)45-2)37-30-35-17-20(31)29(38-30)36-24-7-6-23-27(34-10-9-33-23)28(24)39-46(3,43)44/h4-7,9-10,16-17,21,25,39H,8,11-15,18H2,1-3H3,(H2,35,36,37,38)/t21-,25?/m1/s1. The number of methoxy groups -OCH3 is 1. The first-order valence-electron chi connectivity index (χ1n) is 14.9. The molecule has 1 unspecified atom stereocenters. The third-order valence-electron chi connectivity index (χ3n) is 8.24. The lowest BCUT2D eigenvalue weighted by Gasteiger charge is -2.44. The van der Waals surface area contributed by atoms with Gasteiger partial charge in [0.25, 0.3) is 0 Å². The Hall–Kier alpha value is -4.05. The Bertz CT molecular complexity index is 1830. The molecule has 2 aromatic heterocycles. The Balaban J connectivity index is 1.19. The van der Waals surface area contributed by atoms with E-state index < -0.39 is 16.2 Å². The number of hydrogen-bond donors (Lipinski definition) is 3. The number of halogens is 2. The number of rotatable bonds is 9. The fraction of sp³-hybridized carbons (Fsp3) is 0.400. The second-order valence-corrected chi connectivity index (χ2v) is 13.6. The van der Waals surface area contributed by atoms with E-state index in [1.807, 2.05) is 18.2 Å². The molecule has 2 saturated heterocycles. The Morgan fingerprint density at radius 1 is 1.00 bits per heavy atom. The topological polar surface area (TPSA) is 141 Å². The zero-order chi connectivity index (χ0) is 32.4. The van der Waals surface area contributed by atoms with E-state index in [0.29, 0.717) is 34.7 Å². The van der Waals surface area contributed by atoms with Gasteiger partial charge in [0.2, 0.25) is 16.0 Å². The molecule has 2 aliphatic heterocycles. The summed E-state index contributed by atoms with van der Waals surface area (Å²) in [6, 6.07) is 8.95. The molecule has 244 valence electrons. The number of fused-ring (bicyclic) bond motifs is 1. The quantitative estimate of drug-likeness (QED) is 0.236. The molecule has 13 nitrogen and oxygen atoms in total. The number of likely N-dealkylation sites (N-methyl/N-ethyl adjacent to an activating group) is 1. The van der Waals surface area contributed by atoms with E-state index in [2.05, 4.69) is 57.0 Å². The molecule has 16 heteroatoms. The van der Waals surface area contributed by atoms with E-state index in [1.54, 1.807) is 19.2 Å². The fourth-order valence-electron chi connectivity index (χ4n) is 5.86. The minimum atomic E-state index is -3.65. The van der Waals surface area contributed by atoms with Crippen molar-refractivity contribution in [2.24, 2.45) is 0 Å². The molecular formula is C30H36ClFN10O3S. The van der Waals surface area contributed by atoms with Gasteiger partial charge in [-0.1, -0.05) is 11.6 Å². The number of sulfonamides is 1. The van der Waals surface area contributed by atoms with Gasteiger partial charge in [-0.25, -0.2) is 17.8 Å². The SMILES string of the molecule is COc1cc(N2CCC(N3CCN(C)CC3)[C@H](F)C2)ccc1Nc1ncc(Cl)c(Nc2ccc3nccnc3c2NS(C)(=O)=O)n1. The van der Waals surface area contributed by atoms with Crippen LogP contribution in [0.4, 0.5) is 38.9 Å². The van der Waals surface area contributed by atoms with Gasteiger partial charge in [0.15, 0.2) is 5.82 Å². The second-order valence-electron chi connectivity index (χ2n) is 11.5. The lowest BCUT2D eigenvalue weighted by atomic mass is 9.99. The normalized spacial score (nSPS) is 19.6. The third-order valence-corrected chi connectivity index (χ3v) is 9.09. The number of ether oxygens (including phenoxy) is 1. The molecule has 2 aliphatic rings. The van der Waals surface area contributed by atoms with Crippen molar-refractivity contribution < 1.29 is 17.5 Å². The van der Waals surface area contributed by atoms with Crippen molar-refractivity contribution >= 4 is 67.2 Å². The molecule has 2 atom stereocenters. The fourth-order valence-corrected chi connectivity index (χ4v) is 6.58. The molecule has 6 rings (SSSR count). The largest absolute Gasteiger partial charge is 0.494 e. The third kappa shape index (κ3) is 7.17. The van der Waals surface area contributed by atoms with E-state index in [0.717, 1.165) is 51.1 Å². The first kappa shape index (κ1) is 31.9. The minimum absolute atomic E-state index is 0.0570. The summed E-state index contributed by atoms with van der Waals surface area (Å²) in [6.07, 6.45) is 5.29. The van der Waals surface area contributed by atoms with Crippen LogP contribution in [0.3, 0.4) is 0 Å². The van der Waals surface area contributed by atoms with Crippen molar-refractivity contribution in [3.8, 4) is 5.75 Å². The second kappa shape index (κ2) is 13.4. The molecule has 0 aliphatic carbocycles. The summed E-state index contributed by atoms with van der Waals surface area (Å²) in [5.74, 6) is 0.981. The van der Waals surface area contributed by atoms with Crippen LogP contribution in [0.2, 0.25) is 5.02 Å². The lowest BCUT2D eigenvalue weighted by molar-refractivity contribution is 0.0532. The number of aromatic nitrogens is 4. The maximum Gasteiger partial charge on any atom is 0.229 e. The lowest BCUT2D eigenvalue weighted by Crippen LogP contribution is -2.57. The highest BCUT2D eigenvalue weighted by molar-refractivity contribution is 7.92. The van der Waals surface area contributed by atoms with Crippen molar-refractivity contribution in [1.29, 1.82) is 0 Å². The highest BCUT2D eigenvalue weighted by Gasteiger charge is 2.35. The predicted molar refractivity (Wildman–Crippen MR) is 179 cm³/mol. The first-order chi connectivity index (χ1) is 22.1. The smallest absolute Gasteiger partial charge is 0.229 e. The first-order valence-corrected chi connectivity index (χ1v) is 17.1. The average Bonchev–Trinajstić information content (AvgIpc) is 3.04. The highest BCUT2D eigenvalue weighted by atomic mass is 35.5. The van der Waals surface area contributed by atoms with E-state index in [1.165, 1.54) is 18.6 Å². The summed E-state index contributed by atoms with van der Waals surface area (Å²) in [5.41, 5.74) is 2.91. The molecule has 0 radical (unpaired) electrons. The average molecular weight is 671 g/mol. The van der Waals surface area contributed by atoms with Crippen LogP contribution in [0, 0.1) is 0 Å². The molecular weight excluding hydrogens is 635 g/mol. The molecule has 0 spiro atoms. The van der Waals surface area contributed by atoms with Gasteiger partial charge in [-0.2, -0.15) is 4.98 Å².